The van der Waals surface area contributed by atoms with Gasteiger partial charge in [-0.3, -0.25) is 9.20 Å². The number of ether oxygens (including phenoxy) is 1. The lowest BCUT2D eigenvalue weighted by Crippen LogP contribution is -2.12. The fourth-order valence-corrected chi connectivity index (χ4v) is 2.27. The van der Waals surface area contributed by atoms with Crippen LogP contribution in [0.4, 0.5) is 0 Å². The maximum absolute atomic E-state index is 11.6. The third-order valence-corrected chi connectivity index (χ3v) is 3.18. The second-order valence-electron chi connectivity index (χ2n) is 2.96. The highest BCUT2D eigenvalue weighted by atomic mass is 35.5. The lowest BCUT2D eigenvalue weighted by atomic mass is 10.4. The summed E-state index contributed by atoms with van der Waals surface area (Å²) in [6.45, 7) is 0. The van der Waals surface area contributed by atoms with Crippen molar-refractivity contribution >= 4 is 33.9 Å². The largest absolute Gasteiger partial charge is 0.465 e. The summed E-state index contributed by atoms with van der Waals surface area (Å²) in [5.74, 6) is -0.320. The third kappa shape index (κ3) is 1.81. The Morgan fingerprint density at radius 3 is 3.06 bits per heavy atom. The summed E-state index contributed by atoms with van der Waals surface area (Å²) in [6, 6.07) is 1.34. The smallest absolute Gasteiger partial charge is 0.349 e. The molecule has 0 aliphatic rings. The molecule has 0 aromatic carbocycles. The quantitative estimate of drug-likeness (QED) is 0.601. The third-order valence-electron chi connectivity index (χ3n) is 1.94. The topological polar surface area (TPSA) is 60.7 Å². The molecule has 0 N–H and O–H groups in total. The monoisotopic (exact) mass is 258 g/mol. The molecule has 7 heteroatoms. The number of esters is 1. The Morgan fingerprint density at radius 1 is 1.69 bits per heavy atom. The summed E-state index contributed by atoms with van der Waals surface area (Å²) in [4.78, 5) is 27.8. The minimum absolute atomic E-state index is 0.164. The summed E-state index contributed by atoms with van der Waals surface area (Å²) in [7, 11) is 1.28. The Bertz CT molecular complexity index is 604. The average Bonchev–Trinajstić information content (AvgIpc) is 2.72. The van der Waals surface area contributed by atoms with Gasteiger partial charge in [-0.05, 0) is 0 Å². The Balaban J connectivity index is 2.66. The summed E-state index contributed by atoms with van der Waals surface area (Å²) < 4.78 is 5.86. The van der Waals surface area contributed by atoms with E-state index in [9.17, 15) is 9.59 Å². The summed E-state index contributed by atoms with van der Waals surface area (Å²) in [5, 5.41) is 0. The number of rotatable bonds is 2. The Morgan fingerprint density at radius 2 is 2.44 bits per heavy atom. The van der Waals surface area contributed by atoms with Crippen LogP contribution in [0.5, 0.6) is 0 Å². The predicted octanol–water partition coefficient (Wildman–Crippen LogP) is 1.28. The van der Waals surface area contributed by atoms with E-state index in [0.29, 0.717) is 15.5 Å². The highest BCUT2D eigenvalue weighted by molar-refractivity contribution is 7.18. The highest BCUT2D eigenvalue weighted by Gasteiger charge is 2.12. The van der Waals surface area contributed by atoms with Gasteiger partial charge in [0.25, 0.3) is 5.56 Å². The molecule has 0 unspecified atom stereocenters. The van der Waals surface area contributed by atoms with E-state index in [4.69, 9.17) is 11.6 Å². The van der Waals surface area contributed by atoms with E-state index in [2.05, 4.69) is 9.72 Å². The van der Waals surface area contributed by atoms with Gasteiger partial charge in [0, 0.05) is 12.3 Å². The zero-order valence-electron chi connectivity index (χ0n) is 8.27. The van der Waals surface area contributed by atoms with E-state index in [-0.39, 0.29) is 11.4 Å². The molecule has 0 saturated heterocycles. The molecule has 0 radical (unpaired) electrons. The van der Waals surface area contributed by atoms with Gasteiger partial charge in [-0.25, -0.2) is 9.78 Å². The molecule has 0 aliphatic heterocycles. The standard InChI is InChI=1S/C9H7ClN2O3S/c1-15-8(14)6-4-12-7(13)2-5(3-10)11-9(12)16-6/h2,4H,3H2,1H3. The van der Waals surface area contributed by atoms with Crippen LogP contribution >= 0.6 is 22.9 Å². The maximum atomic E-state index is 11.6. The number of methoxy groups -OCH3 is 1. The first-order valence-electron chi connectivity index (χ1n) is 4.32. The molecule has 0 spiro atoms. The Labute approximate surface area is 99.3 Å². The highest BCUT2D eigenvalue weighted by Crippen LogP contribution is 2.15. The number of halogens is 1. The van der Waals surface area contributed by atoms with Gasteiger partial charge in [0.05, 0.1) is 18.7 Å². The van der Waals surface area contributed by atoms with Gasteiger partial charge < -0.3 is 4.74 Å². The molecular formula is C9H7ClN2O3S. The molecule has 0 atom stereocenters. The average molecular weight is 259 g/mol. The Kier molecular flexibility index (Phi) is 2.93. The SMILES string of the molecule is COC(=O)c1cn2c(=O)cc(CCl)nc2s1. The predicted molar refractivity (Wildman–Crippen MR) is 60.2 cm³/mol. The number of hydrogen-bond donors (Lipinski definition) is 0. The van der Waals surface area contributed by atoms with Crippen LogP contribution < -0.4 is 5.56 Å². The van der Waals surface area contributed by atoms with E-state index in [1.165, 1.54) is 23.8 Å². The molecule has 0 bridgehead atoms. The van der Waals surface area contributed by atoms with E-state index in [1.807, 2.05) is 0 Å². The van der Waals surface area contributed by atoms with E-state index in [0.717, 1.165) is 11.3 Å². The van der Waals surface area contributed by atoms with Gasteiger partial charge in [0.2, 0.25) is 0 Å². The lowest BCUT2D eigenvalue weighted by molar-refractivity contribution is 0.0606. The molecule has 2 aromatic rings. The first kappa shape index (κ1) is 11.1. The minimum Gasteiger partial charge on any atom is -0.465 e. The van der Waals surface area contributed by atoms with E-state index < -0.39 is 5.97 Å². The molecule has 5 nitrogen and oxygen atoms in total. The van der Waals surface area contributed by atoms with Gasteiger partial charge >= 0.3 is 5.97 Å². The Hall–Kier alpha value is -1.40. The zero-order chi connectivity index (χ0) is 11.7. The van der Waals surface area contributed by atoms with Crippen molar-refractivity contribution in [2.24, 2.45) is 0 Å². The number of carbonyl (C=O) groups is 1. The van der Waals surface area contributed by atoms with Crippen LogP contribution in [0.25, 0.3) is 4.96 Å². The number of hydrogen-bond acceptors (Lipinski definition) is 5. The van der Waals surface area contributed by atoms with Crippen LogP contribution in [-0.4, -0.2) is 22.5 Å². The first-order valence-corrected chi connectivity index (χ1v) is 5.67. The molecule has 0 saturated carbocycles. The van der Waals surface area contributed by atoms with Crippen molar-refractivity contribution in [3.8, 4) is 0 Å². The number of alkyl halides is 1. The van der Waals surface area contributed by atoms with Gasteiger partial charge in [0.15, 0.2) is 4.96 Å². The van der Waals surface area contributed by atoms with Crippen LogP contribution in [0.1, 0.15) is 15.4 Å². The lowest BCUT2D eigenvalue weighted by Gasteiger charge is -1.93. The van der Waals surface area contributed by atoms with Gasteiger partial charge in [-0.15, -0.1) is 11.6 Å². The van der Waals surface area contributed by atoms with Crippen molar-refractivity contribution < 1.29 is 9.53 Å². The molecule has 2 heterocycles. The van der Waals surface area contributed by atoms with Crippen molar-refractivity contribution in [3.05, 3.63) is 33.2 Å². The van der Waals surface area contributed by atoms with Crippen molar-refractivity contribution in [2.75, 3.05) is 7.11 Å². The van der Waals surface area contributed by atoms with Crippen molar-refractivity contribution in [1.29, 1.82) is 0 Å². The van der Waals surface area contributed by atoms with Crippen LogP contribution in [0.15, 0.2) is 17.1 Å². The zero-order valence-corrected chi connectivity index (χ0v) is 9.84. The number of nitrogens with zero attached hydrogens (tertiary/aromatic N) is 2. The summed E-state index contributed by atoms with van der Waals surface area (Å²) in [6.07, 6.45) is 1.42. The van der Waals surface area contributed by atoms with Crippen LogP contribution in [0.3, 0.4) is 0 Å². The normalized spacial score (nSPS) is 10.6. The number of aromatic nitrogens is 2. The molecule has 2 aromatic heterocycles. The van der Waals surface area contributed by atoms with Crippen molar-refractivity contribution in [2.45, 2.75) is 5.88 Å². The molecule has 0 amide bonds. The van der Waals surface area contributed by atoms with Gasteiger partial charge in [0.1, 0.15) is 4.88 Å². The minimum atomic E-state index is -0.484. The first-order chi connectivity index (χ1) is 7.65. The molecule has 84 valence electrons. The molecule has 0 fully saturated rings. The molecule has 2 rings (SSSR count). The fraction of sp³-hybridized carbons (Fsp3) is 0.222. The van der Waals surface area contributed by atoms with Gasteiger partial charge in [-0.2, -0.15) is 0 Å². The molecular weight excluding hydrogens is 252 g/mol. The van der Waals surface area contributed by atoms with Gasteiger partial charge in [-0.1, -0.05) is 11.3 Å². The van der Waals surface area contributed by atoms with Crippen LogP contribution in [-0.2, 0) is 10.6 Å². The molecule has 16 heavy (non-hydrogen) atoms. The number of carbonyl (C=O) groups excluding carboxylic acids is 1. The second-order valence-corrected chi connectivity index (χ2v) is 4.24. The van der Waals surface area contributed by atoms with E-state index >= 15 is 0 Å². The van der Waals surface area contributed by atoms with Crippen molar-refractivity contribution in [1.82, 2.24) is 9.38 Å². The van der Waals surface area contributed by atoms with E-state index in [1.54, 1.807) is 0 Å². The molecule has 0 aliphatic carbocycles. The summed E-state index contributed by atoms with van der Waals surface area (Å²) in [5.41, 5.74) is 0.233. The second kappa shape index (κ2) is 4.23. The fourth-order valence-electron chi connectivity index (χ4n) is 1.21. The maximum Gasteiger partial charge on any atom is 0.349 e. The number of thiazole rings is 1. The summed E-state index contributed by atoms with van der Waals surface area (Å²) >= 11 is 6.69. The van der Waals surface area contributed by atoms with Crippen LogP contribution in [0, 0.1) is 0 Å². The number of fused-ring (bicyclic) bond motifs is 1. The van der Waals surface area contributed by atoms with Crippen LogP contribution in [0.2, 0.25) is 0 Å². The van der Waals surface area contributed by atoms with Crippen molar-refractivity contribution in [3.63, 3.8) is 0 Å².